The second-order valence-electron chi connectivity index (χ2n) is 5.26. The van der Waals surface area contributed by atoms with Crippen molar-refractivity contribution in [3.8, 4) is 0 Å². The Morgan fingerprint density at radius 3 is 2.58 bits per heavy atom. The maximum absolute atomic E-state index is 13.0. The molecule has 3 rings (SSSR count). The normalized spacial score (nSPS) is 23.6. The summed E-state index contributed by atoms with van der Waals surface area (Å²) in [6, 6.07) is 1.97. The standard InChI is InChI=1S/C14H18BrNO2S/c15-11-3-10-19-12(11)13(17)14(4-1-2-5-14)16-6-8-18-9-7-16/h3,10H,1-2,4-9H2. The van der Waals surface area contributed by atoms with Gasteiger partial charge in [0.15, 0.2) is 5.78 Å². The lowest BCUT2D eigenvalue weighted by Crippen LogP contribution is -2.56. The zero-order valence-corrected chi connectivity index (χ0v) is 13.3. The largest absolute Gasteiger partial charge is 0.379 e. The molecule has 1 aliphatic carbocycles. The summed E-state index contributed by atoms with van der Waals surface area (Å²) in [6.07, 6.45) is 4.31. The molecule has 0 aromatic carbocycles. The Bertz CT molecular complexity index is 462. The van der Waals surface area contributed by atoms with Gasteiger partial charge in [-0.3, -0.25) is 9.69 Å². The van der Waals surface area contributed by atoms with E-state index in [1.165, 1.54) is 0 Å². The van der Waals surface area contributed by atoms with Crippen molar-refractivity contribution in [3.63, 3.8) is 0 Å². The Balaban J connectivity index is 1.91. The SMILES string of the molecule is O=C(c1sccc1Br)C1(N2CCOCC2)CCCC1. The Morgan fingerprint density at radius 2 is 2.00 bits per heavy atom. The number of hydrogen-bond acceptors (Lipinski definition) is 4. The molecule has 2 aliphatic rings. The molecule has 0 bridgehead atoms. The van der Waals surface area contributed by atoms with Gasteiger partial charge in [0, 0.05) is 17.6 Å². The summed E-state index contributed by atoms with van der Waals surface area (Å²) in [5, 5.41) is 1.99. The van der Waals surface area contributed by atoms with Crippen LogP contribution in [0.5, 0.6) is 0 Å². The van der Waals surface area contributed by atoms with Crippen LogP contribution in [-0.2, 0) is 4.74 Å². The molecule has 104 valence electrons. The topological polar surface area (TPSA) is 29.5 Å². The first kappa shape index (κ1) is 13.7. The van der Waals surface area contributed by atoms with E-state index < -0.39 is 0 Å². The van der Waals surface area contributed by atoms with Gasteiger partial charge in [0.25, 0.3) is 0 Å². The van der Waals surface area contributed by atoms with E-state index in [9.17, 15) is 4.79 Å². The quantitative estimate of drug-likeness (QED) is 0.788. The molecule has 1 aliphatic heterocycles. The summed E-state index contributed by atoms with van der Waals surface area (Å²) in [6.45, 7) is 3.27. The monoisotopic (exact) mass is 343 g/mol. The lowest BCUT2D eigenvalue weighted by Gasteiger charge is -2.42. The molecule has 0 amide bonds. The molecule has 0 atom stereocenters. The first-order valence-electron chi connectivity index (χ1n) is 6.85. The molecule has 3 nitrogen and oxygen atoms in total. The van der Waals surface area contributed by atoms with Crippen LogP contribution in [0.15, 0.2) is 15.9 Å². The number of nitrogens with zero attached hydrogens (tertiary/aromatic N) is 1. The fourth-order valence-electron chi connectivity index (χ4n) is 3.31. The third kappa shape index (κ3) is 2.42. The minimum atomic E-state index is -0.267. The molecule has 0 spiro atoms. The van der Waals surface area contributed by atoms with Crippen LogP contribution < -0.4 is 0 Å². The second kappa shape index (κ2) is 5.64. The lowest BCUT2D eigenvalue weighted by molar-refractivity contribution is -0.0129. The Kier molecular flexibility index (Phi) is 4.08. The molecule has 0 N–H and O–H groups in total. The van der Waals surface area contributed by atoms with Crippen molar-refractivity contribution in [2.75, 3.05) is 26.3 Å². The summed E-state index contributed by atoms with van der Waals surface area (Å²) in [5.74, 6) is 0.314. The molecule has 2 heterocycles. The average Bonchev–Trinajstić information content (AvgIpc) is 3.08. The number of halogens is 1. The molecule has 0 radical (unpaired) electrons. The molecule has 1 saturated carbocycles. The third-order valence-corrected chi connectivity index (χ3v) is 6.13. The van der Waals surface area contributed by atoms with Crippen LogP contribution in [0.3, 0.4) is 0 Å². The summed E-state index contributed by atoms with van der Waals surface area (Å²) < 4.78 is 6.39. The van der Waals surface area contributed by atoms with Crippen LogP contribution in [0.1, 0.15) is 35.4 Å². The van der Waals surface area contributed by atoms with E-state index in [0.717, 1.165) is 61.3 Å². The molecular formula is C14H18BrNO2S. The Morgan fingerprint density at radius 1 is 1.32 bits per heavy atom. The number of rotatable bonds is 3. The highest BCUT2D eigenvalue weighted by atomic mass is 79.9. The maximum Gasteiger partial charge on any atom is 0.194 e. The van der Waals surface area contributed by atoms with Gasteiger partial charge >= 0.3 is 0 Å². The van der Waals surface area contributed by atoms with E-state index in [-0.39, 0.29) is 5.54 Å². The van der Waals surface area contributed by atoms with Gasteiger partial charge in [-0.15, -0.1) is 11.3 Å². The van der Waals surface area contributed by atoms with Crippen molar-refractivity contribution in [2.24, 2.45) is 0 Å². The zero-order valence-electron chi connectivity index (χ0n) is 10.9. The van der Waals surface area contributed by atoms with Crippen molar-refractivity contribution in [3.05, 3.63) is 20.8 Å². The Hall–Kier alpha value is -0.230. The van der Waals surface area contributed by atoms with Gasteiger partial charge in [0.1, 0.15) is 0 Å². The van der Waals surface area contributed by atoms with Crippen LogP contribution in [0.4, 0.5) is 0 Å². The fourth-order valence-corrected chi connectivity index (χ4v) is 4.89. The number of ether oxygens (including phenoxy) is 1. The number of morpholine rings is 1. The highest BCUT2D eigenvalue weighted by Gasteiger charge is 2.47. The van der Waals surface area contributed by atoms with E-state index in [2.05, 4.69) is 20.8 Å². The van der Waals surface area contributed by atoms with E-state index >= 15 is 0 Å². The molecule has 19 heavy (non-hydrogen) atoms. The summed E-state index contributed by atoms with van der Waals surface area (Å²) in [5.41, 5.74) is -0.267. The molecule has 2 fully saturated rings. The van der Waals surface area contributed by atoms with Crippen molar-refractivity contribution >= 4 is 33.0 Å². The van der Waals surface area contributed by atoms with Crippen molar-refractivity contribution in [1.82, 2.24) is 4.90 Å². The van der Waals surface area contributed by atoms with Gasteiger partial charge in [-0.25, -0.2) is 0 Å². The van der Waals surface area contributed by atoms with Crippen LogP contribution in [0.25, 0.3) is 0 Å². The van der Waals surface area contributed by atoms with Crippen LogP contribution in [0, 0.1) is 0 Å². The predicted molar refractivity (Wildman–Crippen MR) is 79.9 cm³/mol. The number of Topliss-reactive ketones (excluding diaryl/α,β-unsaturated/α-hetero) is 1. The van der Waals surface area contributed by atoms with E-state index in [0.29, 0.717) is 5.78 Å². The number of thiophene rings is 1. The van der Waals surface area contributed by atoms with Gasteiger partial charge in [-0.2, -0.15) is 0 Å². The van der Waals surface area contributed by atoms with Gasteiger partial charge < -0.3 is 4.74 Å². The fraction of sp³-hybridized carbons (Fsp3) is 0.643. The van der Waals surface area contributed by atoms with Crippen molar-refractivity contribution in [1.29, 1.82) is 0 Å². The molecule has 0 unspecified atom stereocenters. The van der Waals surface area contributed by atoms with Crippen LogP contribution in [0.2, 0.25) is 0 Å². The highest BCUT2D eigenvalue weighted by Crippen LogP contribution is 2.40. The van der Waals surface area contributed by atoms with Crippen molar-refractivity contribution < 1.29 is 9.53 Å². The number of carbonyl (C=O) groups excluding carboxylic acids is 1. The summed E-state index contributed by atoms with van der Waals surface area (Å²) in [4.78, 5) is 16.3. The van der Waals surface area contributed by atoms with E-state index in [4.69, 9.17) is 4.74 Å². The van der Waals surface area contributed by atoms with E-state index in [1.54, 1.807) is 11.3 Å². The molecule has 1 aromatic heterocycles. The van der Waals surface area contributed by atoms with Gasteiger partial charge in [0.2, 0.25) is 0 Å². The number of carbonyl (C=O) groups is 1. The smallest absolute Gasteiger partial charge is 0.194 e. The minimum absolute atomic E-state index is 0.267. The lowest BCUT2D eigenvalue weighted by atomic mass is 9.88. The maximum atomic E-state index is 13.0. The van der Waals surface area contributed by atoms with Crippen LogP contribution in [-0.4, -0.2) is 42.5 Å². The molecular weight excluding hydrogens is 326 g/mol. The Labute approximate surface area is 126 Å². The van der Waals surface area contributed by atoms with E-state index in [1.807, 2.05) is 11.4 Å². The average molecular weight is 344 g/mol. The van der Waals surface area contributed by atoms with Gasteiger partial charge in [-0.05, 0) is 40.2 Å². The van der Waals surface area contributed by atoms with Gasteiger partial charge in [0.05, 0.1) is 23.6 Å². The second-order valence-corrected chi connectivity index (χ2v) is 7.04. The van der Waals surface area contributed by atoms with Crippen molar-refractivity contribution in [2.45, 2.75) is 31.2 Å². The highest BCUT2D eigenvalue weighted by molar-refractivity contribution is 9.10. The first-order chi connectivity index (χ1) is 9.24. The minimum Gasteiger partial charge on any atom is -0.379 e. The summed E-state index contributed by atoms with van der Waals surface area (Å²) in [7, 11) is 0. The predicted octanol–water partition coefficient (Wildman–Crippen LogP) is 3.34. The molecule has 1 aromatic rings. The zero-order chi connectivity index (χ0) is 13.3. The first-order valence-corrected chi connectivity index (χ1v) is 8.52. The number of ketones is 1. The number of hydrogen-bond donors (Lipinski definition) is 0. The van der Waals surface area contributed by atoms with Gasteiger partial charge in [-0.1, -0.05) is 12.8 Å². The molecule has 1 saturated heterocycles. The van der Waals surface area contributed by atoms with Crippen LogP contribution >= 0.6 is 27.3 Å². The summed E-state index contributed by atoms with van der Waals surface area (Å²) >= 11 is 5.06. The third-order valence-electron chi connectivity index (χ3n) is 4.29. The molecule has 5 heteroatoms.